The molecule has 0 saturated carbocycles. The summed E-state index contributed by atoms with van der Waals surface area (Å²) < 4.78 is 0. The molecule has 1 aromatic heterocycles. The highest BCUT2D eigenvalue weighted by Gasteiger charge is 2.16. The SMILES string of the molecule is CCC(CC)C(=O)Nc1cccc2c(=O)[nH][nH]c(=O)c12. The average molecular weight is 275 g/mol. The van der Waals surface area contributed by atoms with E-state index in [0.29, 0.717) is 5.69 Å². The van der Waals surface area contributed by atoms with Crippen LogP contribution in [0.5, 0.6) is 0 Å². The van der Waals surface area contributed by atoms with Crippen molar-refractivity contribution in [2.45, 2.75) is 26.7 Å². The van der Waals surface area contributed by atoms with Gasteiger partial charge in [0.15, 0.2) is 0 Å². The minimum atomic E-state index is -0.431. The summed E-state index contributed by atoms with van der Waals surface area (Å²) in [5, 5.41) is 7.74. The van der Waals surface area contributed by atoms with Gasteiger partial charge in [-0.1, -0.05) is 19.9 Å². The molecule has 1 heterocycles. The molecule has 3 N–H and O–H groups in total. The fraction of sp³-hybridized carbons (Fsp3) is 0.357. The first kappa shape index (κ1) is 14.0. The third-order valence-corrected chi connectivity index (χ3v) is 3.44. The summed E-state index contributed by atoms with van der Waals surface area (Å²) in [7, 11) is 0. The van der Waals surface area contributed by atoms with Gasteiger partial charge in [-0.05, 0) is 25.0 Å². The van der Waals surface area contributed by atoms with Crippen molar-refractivity contribution < 1.29 is 4.79 Å². The number of nitrogens with one attached hydrogen (secondary N) is 3. The van der Waals surface area contributed by atoms with Crippen LogP contribution in [0.25, 0.3) is 10.8 Å². The van der Waals surface area contributed by atoms with Gasteiger partial charge in [-0.2, -0.15) is 0 Å². The standard InChI is InChI=1S/C14H17N3O3/c1-3-8(4-2)12(18)15-10-7-5-6-9-11(10)14(20)17-16-13(9)19/h5-8H,3-4H2,1-2H3,(H,15,18)(H,16,19)(H,17,20). The third-order valence-electron chi connectivity index (χ3n) is 3.44. The van der Waals surface area contributed by atoms with E-state index in [1.807, 2.05) is 13.8 Å². The number of rotatable bonds is 4. The first-order valence-corrected chi connectivity index (χ1v) is 6.63. The zero-order valence-electron chi connectivity index (χ0n) is 11.4. The van der Waals surface area contributed by atoms with Crippen LogP contribution < -0.4 is 16.4 Å². The summed E-state index contributed by atoms with van der Waals surface area (Å²) >= 11 is 0. The molecule has 2 rings (SSSR count). The van der Waals surface area contributed by atoms with Crippen LogP contribution in [0.3, 0.4) is 0 Å². The van der Waals surface area contributed by atoms with Gasteiger partial charge in [0, 0.05) is 5.92 Å². The number of hydrogen-bond acceptors (Lipinski definition) is 3. The topological polar surface area (TPSA) is 94.8 Å². The van der Waals surface area contributed by atoms with Gasteiger partial charge >= 0.3 is 0 Å². The van der Waals surface area contributed by atoms with E-state index < -0.39 is 11.1 Å². The number of hydrogen-bond donors (Lipinski definition) is 3. The summed E-state index contributed by atoms with van der Waals surface area (Å²) in [4.78, 5) is 35.6. The van der Waals surface area contributed by atoms with Crippen molar-refractivity contribution in [1.29, 1.82) is 0 Å². The Hall–Kier alpha value is -2.37. The number of aromatic amines is 2. The van der Waals surface area contributed by atoms with Crippen LogP contribution >= 0.6 is 0 Å². The smallest absolute Gasteiger partial charge is 0.272 e. The Bertz CT molecular complexity index is 741. The van der Waals surface area contributed by atoms with E-state index in [4.69, 9.17) is 0 Å². The molecular weight excluding hydrogens is 258 g/mol. The molecule has 0 radical (unpaired) electrons. The van der Waals surface area contributed by atoms with E-state index in [1.54, 1.807) is 18.2 Å². The Kier molecular flexibility index (Phi) is 4.02. The van der Waals surface area contributed by atoms with Crippen LogP contribution in [0.2, 0.25) is 0 Å². The first-order chi connectivity index (χ1) is 9.58. The van der Waals surface area contributed by atoms with E-state index >= 15 is 0 Å². The van der Waals surface area contributed by atoms with Gasteiger partial charge in [0.1, 0.15) is 0 Å². The van der Waals surface area contributed by atoms with Crippen molar-refractivity contribution in [3.63, 3.8) is 0 Å². The molecule has 1 aromatic carbocycles. The molecule has 6 nitrogen and oxygen atoms in total. The van der Waals surface area contributed by atoms with Crippen LogP contribution in [0.4, 0.5) is 5.69 Å². The molecule has 0 aliphatic heterocycles. The van der Waals surface area contributed by atoms with Crippen molar-refractivity contribution in [2.75, 3.05) is 5.32 Å². The highest BCUT2D eigenvalue weighted by atomic mass is 16.2. The van der Waals surface area contributed by atoms with Crippen LogP contribution in [0, 0.1) is 5.92 Å². The molecule has 106 valence electrons. The molecule has 0 atom stereocenters. The van der Waals surface area contributed by atoms with Crippen molar-refractivity contribution in [3.05, 3.63) is 38.9 Å². The molecule has 20 heavy (non-hydrogen) atoms. The molecule has 0 unspecified atom stereocenters. The van der Waals surface area contributed by atoms with Crippen molar-refractivity contribution in [2.24, 2.45) is 5.92 Å². The minimum Gasteiger partial charge on any atom is -0.325 e. The van der Waals surface area contributed by atoms with Gasteiger partial charge in [-0.3, -0.25) is 24.6 Å². The lowest BCUT2D eigenvalue weighted by atomic mass is 10.0. The van der Waals surface area contributed by atoms with Crippen molar-refractivity contribution in [3.8, 4) is 0 Å². The van der Waals surface area contributed by atoms with E-state index in [-0.39, 0.29) is 22.6 Å². The van der Waals surface area contributed by atoms with E-state index in [9.17, 15) is 14.4 Å². The van der Waals surface area contributed by atoms with E-state index in [1.165, 1.54) is 0 Å². The predicted octanol–water partition coefficient (Wildman–Crippen LogP) is 1.59. The lowest BCUT2D eigenvalue weighted by Crippen LogP contribution is -2.24. The number of benzene rings is 1. The number of fused-ring (bicyclic) bond motifs is 1. The first-order valence-electron chi connectivity index (χ1n) is 6.63. The largest absolute Gasteiger partial charge is 0.325 e. The summed E-state index contributed by atoms with van der Waals surface area (Å²) in [6.07, 6.45) is 1.45. The zero-order valence-corrected chi connectivity index (χ0v) is 11.4. The molecule has 0 spiro atoms. The molecular formula is C14H17N3O3. The molecule has 0 aliphatic carbocycles. The van der Waals surface area contributed by atoms with Gasteiger partial charge in [0.05, 0.1) is 16.5 Å². The predicted molar refractivity (Wildman–Crippen MR) is 77.9 cm³/mol. The number of anilines is 1. The van der Waals surface area contributed by atoms with Crippen LogP contribution in [0.1, 0.15) is 26.7 Å². The molecule has 0 fully saturated rings. The molecule has 0 bridgehead atoms. The van der Waals surface area contributed by atoms with E-state index in [2.05, 4.69) is 15.5 Å². The fourth-order valence-corrected chi connectivity index (χ4v) is 2.23. The van der Waals surface area contributed by atoms with Crippen LogP contribution in [-0.2, 0) is 4.79 Å². The van der Waals surface area contributed by atoms with Gasteiger partial charge in [0.25, 0.3) is 11.1 Å². The van der Waals surface area contributed by atoms with Crippen LogP contribution in [-0.4, -0.2) is 16.1 Å². The third kappa shape index (κ3) is 2.49. The Balaban J connectivity index is 2.51. The Labute approximate surface area is 115 Å². The number of aromatic nitrogens is 2. The quantitative estimate of drug-likeness (QED) is 0.790. The van der Waals surface area contributed by atoms with Gasteiger partial charge in [-0.25, -0.2) is 0 Å². The molecule has 0 aliphatic rings. The second-order valence-corrected chi connectivity index (χ2v) is 4.64. The lowest BCUT2D eigenvalue weighted by Gasteiger charge is -2.13. The second-order valence-electron chi connectivity index (χ2n) is 4.64. The van der Waals surface area contributed by atoms with Gasteiger partial charge in [-0.15, -0.1) is 0 Å². The maximum Gasteiger partial charge on any atom is 0.272 e. The maximum absolute atomic E-state index is 12.1. The normalized spacial score (nSPS) is 10.9. The molecule has 1 amide bonds. The summed E-state index contributed by atoms with van der Waals surface area (Å²) in [6, 6.07) is 4.81. The monoisotopic (exact) mass is 275 g/mol. The number of amides is 1. The van der Waals surface area contributed by atoms with Gasteiger partial charge in [0.2, 0.25) is 5.91 Å². The lowest BCUT2D eigenvalue weighted by molar-refractivity contribution is -0.120. The minimum absolute atomic E-state index is 0.105. The highest BCUT2D eigenvalue weighted by Crippen LogP contribution is 2.19. The average Bonchev–Trinajstić information content (AvgIpc) is 2.44. The highest BCUT2D eigenvalue weighted by molar-refractivity contribution is 6.02. The summed E-state index contributed by atoms with van der Waals surface area (Å²) in [5.41, 5.74) is -0.454. The molecule has 6 heteroatoms. The van der Waals surface area contributed by atoms with Crippen molar-refractivity contribution in [1.82, 2.24) is 10.2 Å². The Morgan fingerprint density at radius 2 is 1.80 bits per heavy atom. The van der Waals surface area contributed by atoms with Crippen molar-refractivity contribution >= 4 is 22.4 Å². The number of H-pyrrole nitrogens is 2. The molecule has 0 saturated heterocycles. The molecule has 2 aromatic rings. The zero-order chi connectivity index (χ0) is 14.7. The fourth-order valence-electron chi connectivity index (χ4n) is 2.23. The Morgan fingerprint density at radius 1 is 1.15 bits per heavy atom. The van der Waals surface area contributed by atoms with Crippen LogP contribution in [0.15, 0.2) is 27.8 Å². The number of carbonyl (C=O) groups is 1. The number of carbonyl (C=O) groups excluding carboxylic acids is 1. The Morgan fingerprint density at radius 3 is 2.45 bits per heavy atom. The maximum atomic E-state index is 12.1. The van der Waals surface area contributed by atoms with Gasteiger partial charge < -0.3 is 5.32 Å². The summed E-state index contributed by atoms with van der Waals surface area (Å²) in [5.74, 6) is -0.242. The van der Waals surface area contributed by atoms with E-state index in [0.717, 1.165) is 12.8 Å². The second kappa shape index (κ2) is 5.73. The summed E-state index contributed by atoms with van der Waals surface area (Å²) in [6.45, 7) is 3.88.